The number of benzene rings is 1. The zero-order valence-electron chi connectivity index (χ0n) is 10.3. The molecule has 0 aliphatic heterocycles. The van der Waals surface area contributed by atoms with Gasteiger partial charge in [-0.25, -0.2) is 5.01 Å². The lowest BCUT2D eigenvalue weighted by Gasteiger charge is -2.12. The predicted octanol–water partition coefficient (Wildman–Crippen LogP) is 1.87. The van der Waals surface area contributed by atoms with E-state index in [4.69, 9.17) is 16.3 Å². The third-order valence-corrected chi connectivity index (χ3v) is 2.58. The van der Waals surface area contributed by atoms with Crippen LogP contribution in [0.4, 0.5) is 0 Å². The van der Waals surface area contributed by atoms with Crippen LogP contribution in [0, 0.1) is 0 Å². The summed E-state index contributed by atoms with van der Waals surface area (Å²) >= 11 is 6.08. The van der Waals surface area contributed by atoms with Gasteiger partial charge in [0.2, 0.25) is 5.91 Å². The molecule has 0 fully saturated rings. The highest BCUT2D eigenvalue weighted by molar-refractivity contribution is 6.31. The minimum Gasteiger partial charge on any atom is -0.497 e. The Hall–Kier alpha value is -1.26. The fourth-order valence-corrected chi connectivity index (χ4v) is 1.68. The van der Waals surface area contributed by atoms with Crippen molar-refractivity contribution in [3.8, 4) is 5.75 Å². The number of amides is 1. The lowest BCUT2D eigenvalue weighted by molar-refractivity contribution is -0.124. The van der Waals surface area contributed by atoms with Crippen LogP contribution in [-0.4, -0.2) is 32.1 Å². The second-order valence-corrected chi connectivity index (χ2v) is 4.29. The Labute approximate surface area is 106 Å². The molecule has 4 nitrogen and oxygen atoms in total. The first-order valence-electron chi connectivity index (χ1n) is 5.32. The predicted molar refractivity (Wildman–Crippen MR) is 68.2 cm³/mol. The van der Waals surface area contributed by atoms with Gasteiger partial charge in [0.15, 0.2) is 0 Å². The van der Waals surface area contributed by atoms with Gasteiger partial charge in [-0.05, 0) is 24.1 Å². The Kier molecular flexibility index (Phi) is 5.25. The number of methoxy groups -OCH3 is 1. The van der Waals surface area contributed by atoms with Crippen molar-refractivity contribution < 1.29 is 9.53 Å². The van der Waals surface area contributed by atoms with Gasteiger partial charge in [0.1, 0.15) is 5.75 Å². The normalized spacial score (nSPS) is 10.4. The quantitative estimate of drug-likeness (QED) is 0.818. The minimum absolute atomic E-state index is 0.0260. The molecule has 0 saturated carbocycles. The van der Waals surface area contributed by atoms with Gasteiger partial charge in [-0.1, -0.05) is 17.7 Å². The number of hydrogen-bond donors (Lipinski definition) is 1. The summed E-state index contributed by atoms with van der Waals surface area (Å²) < 4.78 is 5.06. The van der Waals surface area contributed by atoms with Crippen molar-refractivity contribution in [2.24, 2.45) is 0 Å². The summed E-state index contributed by atoms with van der Waals surface area (Å²) in [4.78, 5) is 11.4. The summed E-state index contributed by atoms with van der Waals surface area (Å²) in [7, 11) is 5.15. The lowest BCUT2D eigenvalue weighted by atomic mass is 10.1. The van der Waals surface area contributed by atoms with E-state index in [-0.39, 0.29) is 5.91 Å². The number of halogens is 1. The van der Waals surface area contributed by atoms with Crippen molar-refractivity contribution in [1.29, 1.82) is 0 Å². The first-order valence-corrected chi connectivity index (χ1v) is 5.70. The van der Waals surface area contributed by atoms with E-state index in [0.717, 1.165) is 11.3 Å². The number of aryl methyl sites for hydroxylation is 1. The third-order valence-electron chi connectivity index (χ3n) is 2.23. The van der Waals surface area contributed by atoms with E-state index in [1.54, 1.807) is 32.3 Å². The van der Waals surface area contributed by atoms with E-state index < -0.39 is 0 Å². The van der Waals surface area contributed by atoms with Crippen LogP contribution in [0.15, 0.2) is 18.2 Å². The molecule has 0 aliphatic carbocycles. The maximum atomic E-state index is 11.4. The van der Waals surface area contributed by atoms with Crippen LogP contribution in [0.1, 0.15) is 12.0 Å². The van der Waals surface area contributed by atoms with Gasteiger partial charge in [0.05, 0.1) is 7.11 Å². The Bertz CT molecular complexity index is 394. The van der Waals surface area contributed by atoms with E-state index in [2.05, 4.69) is 5.43 Å². The fraction of sp³-hybridized carbons (Fsp3) is 0.417. The van der Waals surface area contributed by atoms with E-state index >= 15 is 0 Å². The van der Waals surface area contributed by atoms with Crippen molar-refractivity contribution in [2.75, 3.05) is 21.2 Å². The Morgan fingerprint density at radius 2 is 2.18 bits per heavy atom. The summed E-state index contributed by atoms with van der Waals surface area (Å²) in [6.45, 7) is 0. The molecule has 0 spiro atoms. The summed E-state index contributed by atoms with van der Waals surface area (Å²) in [6, 6.07) is 5.47. The topological polar surface area (TPSA) is 41.6 Å². The molecule has 1 amide bonds. The number of ether oxygens (including phenoxy) is 1. The molecule has 1 N–H and O–H groups in total. The molecule has 0 atom stereocenters. The minimum atomic E-state index is -0.0260. The lowest BCUT2D eigenvalue weighted by Crippen LogP contribution is -2.36. The van der Waals surface area contributed by atoms with E-state index in [0.29, 0.717) is 17.9 Å². The van der Waals surface area contributed by atoms with Gasteiger partial charge in [-0.3, -0.25) is 10.2 Å². The fourth-order valence-electron chi connectivity index (χ4n) is 1.41. The summed E-state index contributed by atoms with van der Waals surface area (Å²) in [5, 5.41) is 2.25. The molecule has 1 aromatic rings. The van der Waals surface area contributed by atoms with Crippen LogP contribution in [0.25, 0.3) is 0 Å². The molecule has 0 unspecified atom stereocenters. The zero-order chi connectivity index (χ0) is 12.8. The zero-order valence-corrected chi connectivity index (χ0v) is 11.0. The SMILES string of the molecule is COc1ccc(CCC(=O)NN(C)C)c(Cl)c1. The maximum Gasteiger partial charge on any atom is 0.234 e. The maximum absolute atomic E-state index is 11.4. The standard InChI is InChI=1S/C12H17ClN2O2/c1-15(2)14-12(16)7-5-9-4-6-10(17-3)8-11(9)13/h4,6,8H,5,7H2,1-3H3,(H,14,16). The average molecular weight is 257 g/mol. The van der Waals surface area contributed by atoms with Gasteiger partial charge in [0, 0.05) is 25.5 Å². The van der Waals surface area contributed by atoms with Gasteiger partial charge in [-0.15, -0.1) is 0 Å². The summed E-state index contributed by atoms with van der Waals surface area (Å²) in [5.74, 6) is 0.693. The van der Waals surface area contributed by atoms with E-state index in [1.165, 1.54) is 0 Å². The first-order chi connectivity index (χ1) is 8.02. The molecule has 5 heteroatoms. The number of nitrogens with one attached hydrogen (secondary N) is 1. The third kappa shape index (κ3) is 4.63. The van der Waals surface area contributed by atoms with Crippen molar-refractivity contribution in [3.63, 3.8) is 0 Å². The molecule has 0 saturated heterocycles. The molecule has 94 valence electrons. The number of hydrazine groups is 1. The number of hydrogen-bond acceptors (Lipinski definition) is 3. The smallest absolute Gasteiger partial charge is 0.234 e. The van der Waals surface area contributed by atoms with Crippen molar-refractivity contribution in [3.05, 3.63) is 28.8 Å². The highest BCUT2D eigenvalue weighted by Gasteiger charge is 2.06. The van der Waals surface area contributed by atoms with E-state index in [9.17, 15) is 4.79 Å². The molecular weight excluding hydrogens is 240 g/mol. The molecule has 0 aliphatic rings. The molecule has 1 rings (SSSR count). The molecule has 17 heavy (non-hydrogen) atoms. The van der Waals surface area contributed by atoms with Crippen LogP contribution < -0.4 is 10.2 Å². The van der Waals surface area contributed by atoms with Crippen LogP contribution in [0.2, 0.25) is 5.02 Å². The van der Waals surface area contributed by atoms with Gasteiger partial charge < -0.3 is 4.74 Å². The molecule has 1 aromatic carbocycles. The Morgan fingerprint density at radius 1 is 1.47 bits per heavy atom. The average Bonchev–Trinajstić information content (AvgIpc) is 2.26. The molecule has 0 aromatic heterocycles. The summed E-state index contributed by atoms with van der Waals surface area (Å²) in [5.41, 5.74) is 3.63. The number of rotatable bonds is 5. The summed E-state index contributed by atoms with van der Waals surface area (Å²) in [6.07, 6.45) is 1.02. The van der Waals surface area contributed by atoms with E-state index in [1.807, 2.05) is 12.1 Å². The van der Waals surface area contributed by atoms with Gasteiger partial charge in [0.25, 0.3) is 0 Å². The number of nitrogens with zero attached hydrogens (tertiary/aromatic N) is 1. The first kappa shape index (κ1) is 13.8. The number of carbonyl (C=O) groups excluding carboxylic acids is 1. The molecule has 0 heterocycles. The molecular formula is C12H17ClN2O2. The number of carbonyl (C=O) groups is 1. The van der Waals surface area contributed by atoms with Crippen LogP contribution in [0.3, 0.4) is 0 Å². The van der Waals surface area contributed by atoms with Crippen molar-refractivity contribution in [1.82, 2.24) is 10.4 Å². The highest BCUT2D eigenvalue weighted by Crippen LogP contribution is 2.23. The second kappa shape index (κ2) is 6.47. The molecule has 0 radical (unpaired) electrons. The van der Waals surface area contributed by atoms with Crippen LogP contribution in [-0.2, 0) is 11.2 Å². The molecule has 0 bridgehead atoms. The van der Waals surface area contributed by atoms with Crippen molar-refractivity contribution >= 4 is 17.5 Å². The van der Waals surface area contributed by atoms with Crippen LogP contribution >= 0.6 is 11.6 Å². The van der Waals surface area contributed by atoms with Gasteiger partial charge >= 0.3 is 0 Å². The van der Waals surface area contributed by atoms with Crippen LogP contribution in [0.5, 0.6) is 5.75 Å². The highest BCUT2D eigenvalue weighted by atomic mass is 35.5. The van der Waals surface area contributed by atoms with Crippen molar-refractivity contribution in [2.45, 2.75) is 12.8 Å². The van der Waals surface area contributed by atoms with Gasteiger partial charge in [-0.2, -0.15) is 0 Å². The Balaban J connectivity index is 2.55. The Morgan fingerprint density at radius 3 is 2.71 bits per heavy atom. The second-order valence-electron chi connectivity index (χ2n) is 3.89. The largest absolute Gasteiger partial charge is 0.497 e. The monoisotopic (exact) mass is 256 g/mol.